The van der Waals surface area contributed by atoms with E-state index in [2.05, 4.69) is 10.2 Å². The lowest BCUT2D eigenvalue weighted by Crippen LogP contribution is -2.11. The van der Waals surface area contributed by atoms with Crippen molar-refractivity contribution in [2.75, 3.05) is 0 Å². The number of aryl methyl sites for hydroxylation is 1. The van der Waals surface area contributed by atoms with Gasteiger partial charge in [-0.25, -0.2) is 8.42 Å². The van der Waals surface area contributed by atoms with Gasteiger partial charge in [0, 0.05) is 22.3 Å². The molecular formula is C19H19Cl2N3O2S2. The molecule has 0 fully saturated rings. The van der Waals surface area contributed by atoms with E-state index in [1.807, 2.05) is 13.8 Å². The van der Waals surface area contributed by atoms with Crippen molar-refractivity contribution in [2.24, 2.45) is 0 Å². The Bertz CT molecular complexity index is 1060. The van der Waals surface area contributed by atoms with Gasteiger partial charge in [-0.05, 0) is 43.7 Å². The fraction of sp³-hybridized carbons (Fsp3) is 0.263. The van der Waals surface area contributed by atoms with E-state index in [1.54, 1.807) is 47.0 Å². The van der Waals surface area contributed by atoms with Crippen LogP contribution in [0.4, 0.5) is 0 Å². The van der Waals surface area contributed by atoms with Gasteiger partial charge in [0.05, 0.1) is 4.90 Å². The number of aromatic nitrogens is 3. The molecule has 0 saturated carbocycles. The first-order valence-electron chi connectivity index (χ1n) is 8.59. The van der Waals surface area contributed by atoms with Crippen LogP contribution < -0.4 is 0 Å². The van der Waals surface area contributed by atoms with Gasteiger partial charge >= 0.3 is 0 Å². The standard InChI is InChI=1S/C19H19Cl2N3O2S2/c1-3-24-18(12-28(25,26)14-9-7-13(2)8-10-14)22-23-19(24)27-11-15-16(20)5-4-6-17(15)21/h4-10H,3,11-12H2,1-2H3. The molecule has 0 spiro atoms. The summed E-state index contributed by atoms with van der Waals surface area (Å²) in [6.07, 6.45) is 0. The van der Waals surface area contributed by atoms with E-state index >= 15 is 0 Å². The highest BCUT2D eigenvalue weighted by Crippen LogP contribution is 2.31. The van der Waals surface area contributed by atoms with Gasteiger partial charge in [0.15, 0.2) is 15.0 Å². The van der Waals surface area contributed by atoms with Gasteiger partial charge in [-0.1, -0.05) is 58.7 Å². The Morgan fingerprint density at radius 1 is 1.04 bits per heavy atom. The van der Waals surface area contributed by atoms with Crippen LogP contribution in [-0.4, -0.2) is 23.2 Å². The first-order chi connectivity index (χ1) is 13.3. The zero-order chi connectivity index (χ0) is 20.3. The smallest absolute Gasteiger partial charge is 0.191 e. The van der Waals surface area contributed by atoms with Crippen LogP contribution in [0.1, 0.15) is 23.9 Å². The predicted octanol–water partition coefficient (Wildman–Crippen LogP) is 5.18. The van der Waals surface area contributed by atoms with Crippen LogP contribution in [0.25, 0.3) is 0 Å². The molecule has 1 aromatic heterocycles. The van der Waals surface area contributed by atoms with Crippen LogP contribution >= 0.6 is 35.0 Å². The number of thioether (sulfide) groups is 1. The third-order valence-corrected chi connectivity index (χ3v) is 7.55. The molecule has 9 heteroatoms. The van der Waals surface area contributed by atoms with E-state index in [4.69, 9.17) is 23.2 Å². The normalized spacial score (nSPS) is 11.7. The average molecular weight is 456 g/mol. The Hall–Kier alpha value is -1.54. The second kappa shape index (κ2) is 8.86. The first kappa shape index (κ1) is 21.2. The van der Waals surface area contributed by atoms with Crippen molar-refractivity contribution >= 4 is 44.8 Å². The third-order valence-electron chi connectivity index (χ3n) is 4.22. The molecule has 148 valence electrons. The number of nitrogens with zero attached hydrogens (tertiary/aromatic N) is 3. The number of benzene rings is 2. The Balaban J connectivity index is 1.81. The highest BCUT2D eigenvalue weighted by atomic mass is 35.5. The number of halogens is 2. The molecule has 0 aliphatic rings. The van der Waals surface area contributed by atoms with Crippen molar-refractivity contribution in [1.82, 2.24) is 14.8 Å². The molecule has 5 nitrogen and oxygen atoms in total. The van der Waals surface area contributed by atoms with Crippen molar-refractivity contribution in [2.45, 2.75) is 41.9 Å². The molecule has 0 aliphatic carbocycles. The Labute approximate surface area is 179 Å². The zero-order valence-electron chi connectivity index (χ0n) is 15.4. The van der Waals surface area contributed by atoms with Crippen LogP contribution in [0.3, 0.4) is 0 Å². The molecule has 3 aromatic rings. The summed E-state index contributed by atoms with van der Waals surface area (Å²) >= 11 is 13.9. The van der Waals surface area contributed by atoms with Crippen LogP contribution in [0.2, 0.25) is 10.0 Å². The van der Waals surface area contributed by atoms with Gasteiger partial charge in [0.1, 0.15) is 11.6 Å². The molecule has 0 amide bonds. The first-order valence-corrected chi connectivity index (χ1v) is 12.0. The lowest BCUT2D eigenvalue weighted by atomic mass is 10.2. The highest BCUT2D eigenvalue weighted by Gasteiger charge is 2.21. The second-order valence-corrected chi connectivity index (χ2v) is 9.95. The SMILES string of the molecule is CCn1c(CS(=O)(=O)c2ccc(C)cc2)nnc1SCc1c(Cl)cccc1Cl. The molecule has 0 atom stereocenters. The summed E-state index contributed by atoms with van der Waals surface area (Å²) in [6, 6.07) is 12.2. The molecule has 0 bridgehead atoms. The minimum atomic E-state index is -3.50. The zero-order valence-corrected chi connectivity index (χ0v) is 18.5. The summed E-state index contributed by atoms with van der Waals surface area (Å²) in [6.45, 7) is 4.40. The van der Waals surface area contributed by atoms with Crippen LogP contribution in [0.5, 0.6) is 0 Å². The number of rotatable bonds is 7. The Kier molecular flexibility index (Phi) is 6.70. The minimum absolute atomic E-state index is 0.204. The summed E-state index contributed by atoms with van der Waals surface area (Å²) in [5, 5.41) is 10.1. The lowest BCUT2D eigenvalue weighted by Gasteiger charge is -2.09. The summed E-state index contributed by atoms with van der Waals surface area (Å²) in [5.74, 6) is 0.724. The van der Waals surface area contributed by atoms with Crippen LogP contribution in [-0.2, 0) is 27.9 Å². The summed E-state index contributed by atoms with van der Waals surface area (Å²) in [4.78, 5) is 0.279. The molecule has 0 unspecified atom stereocenters. The number of hydrogen-bond acceptors (Lipinski definition) is 5. The lowest BCUT2D eigenvalue weighted by molar-refractivity contribution is 0.588. The molecule has 3 rings (SSSR count). The maximum Gasteiger partial charge on any atom is 0.191 e. The quantitative estimate of drug-likeness (QED) is 0.459. The molecule has 0 radical (unpaired) electrons. The van der Waals surface area contributed by atoms with Crippen molar-refractivity contribution in [3.05, 3.63) is 69.5 Å². The average Bonchev–Trinajstić information content (AvgIpc) is 3.02. The Morgan fingerprint density at radius 2 is 1.68 bits per heavy atom. The fourth-order valence-corrected chi connectivity index (χ4v) is 5.69. The highest BCUT2D eigenvalue weighted by molar-refractivity contribution is 7.98. The third kappa shape index (κ3) is 4.71. The van der Waals surface area contributed by atoms with Crippen LogP contribution in [0, 0.1) is 6.92 Å². The monoisotopic (exact) mass is 455 g/mol. The number of hydrogen-bond donors (Lipinski definition) is 0. The van der Waals surface area contributed by atoms with E-state index in [1.165, 1.54) is 11.8 Å². The summed E-state index contributed by atoms with van der Waals surface area (Å²) in [5.41, 5.74) is 1.82. The minimum Gasteiger partial charge on any atom is -0.305 e. The number of sulfone groups is 1. The molecule has 28 heavy (non-hydrogen) atoms. The summed E-state index contributed by atoms with van der Waals surface area (Å²) in [7, 11) is -3.50. The largest absolute Gasteiger partial charge is 0.305 e. The molecule has 0 N–H and O–H groups in total. The maximum absolute atomic E-state index is 12.7. The van der Waals surface area contributed by atoms with Gasteiger partial charge in [0.2, 0.25) is 0 Å². The van der Waals surface area contributed by atoms with E-state index in [0.717, 1.165) is 11.1 Å². The molecule has 1 heterocycles. The van der Waals surface area contributed by atoms with E-state index < -0.39 is 9.84 Å². The van der Waals surface area contributed by atoms with E-state index in [9.17, 15) is 8.42 Å². The molecular weight excluding hydrogens is 437 g/mol. The second-order valence-electron chi connectivity index (χ2n) is 6.20. The molecule has 0 aliphatic heterocycles. The van der Waals surface area contributed by atoms with Gasteiger partial charge in [-0.3, -0.25) is 0 Å². The molecule has 2 aromatic carbocycles. The fourth-order valence-electron chi connectivity index (χ4n) is 2.66. The maximum atomic E-state index is 12.7. The topological polar surface area (TPSA) is 64.8 Å². The van der Waals surface area contributed by atoms with Gasteiger partial charge in [-0.15, -0.1) is 10.2 Å². The summed E-state index contributed by atoms with van der Waals surface area (Å²) < 4.78 is 27.3. The molecule has 0 saturated heterocycles. The van der Waals surface area contributed by atoms with Gasteiger partial charge in [0.25, 0.3) is 0 Å². The van der Waals surface area contributed by atoms with Crippen LogP contribution in [0.15, 0.2) is 52.5 Å². The van der Waals surface area contributed by atoms with Gasteiger partial charge in [-0.2, -0.15) is 0 Å². The van der Waals surface area contributed by atoms with Crippen molar-refractivity contribution in [1.29, 1.82) is 0 Å². The van der Waals surface area contributed by atoms with Crippen molar-refractivity contribution < 1.29 is 8.42 Å². The van der Waals surface area contributed by atoms with E-state index in [0.29, 0.717) is 33.3 Å². The predicted molar refractivity (Wildman–Crippen MR) is 114 cm³/mol. The van der Waals surface area contributed by atoms with Crippen molar-refractivity contribution in [3.63, 3.8) is 0 Å². The van der Waals surface area contributed by atoms with E-state index in [-0.39, 0.29) is 10.6 Å². The Morgan fingerprint density at radius 3 is 2.29 bits per heavy atom. The van der Waals surface area contributed by atoms with Gasteiger partial charge < -0.3 is 4.57 Å². The van der Waals surface area contributed by atoms with Crippen molar-refractivity contribution in [3.8, 4) is 0 Å².